The molecule has 1 aromatic carbocycles. The summed E-state index contributed by atoms with van der Waals surface area (Å²) in [5.74, 6) is 1.87. The van der Waals surface area contributed by atoms with Gasteiger partial charge in [-0.05, 0) is 31.2 Å². The number of imidazole rings is 1. The van der Waals surface area contributed by atoms with Crippen LogP contribution in [0, 0.1) is 0 Å². The number of aryl methyl sites for hydroxylation is 1. The fraction of sp³-hybridized carbons (Fsp3) is 0.211. The molecule has 0 aliphatic carbocycles. The van der Waals surface area contributed by atoms with Crippen molar-refractivity contribution in [2.24, 2.45) is 0 Å². The number of para-hydroxylation sites is 2. The van der Waals surface area contributed by atoms with Crippen molar-refractivity contribution >= 4 is 22.8 Å². The minimum Gasteiger partial charge on any atom is -0.463 e. The lowest BCUT2D eigenvalue weighted by atomic mass is 9.90. The molecule has 3 aromatic heterocycles. The topological polar surface area (TPSA) is 88.7 Å². The highest BCUT2D eigenvalue weighted by molar-refractivity contribution is 5.95. The van der Waals surface area contributed by atoms with Gasteiger partial charge < -0.3 is 14.3 Å². The number of carbonyl (C=O) groups is 1. The van der Waals surface area contributed by atoms with E-state index in [2.05, 4.69) is 33.1 Å². The van der Waals surface area contributed by atoms with E-state index in [0.717, 1.165) is 34.7 Å². The fourth-order valence-electron chi connectivity index (χ4n) is 3.78. The maximum Gasteiger partial charge on any atom is 0.226 e. The second-order valence-electron chi connectivity index (χ2n) is 6.35. The van der Waals surface area contributed by atoms with Crippen molar-refractivity contribution in [3.63, 3.8) is 0 Å². The van der Waals surface area contributed by atoms with Crippen molar-refractivity contribution in [3.05, 3.63) is 54.0 Å². The highest BCUT2D eigenvalue weighted by Gasteiger charge is 2.35. The molecule has 0 saturated carbocycles. The molecule has 1 atom stereocenters. The lowest BCUT2D eigenvalue weighted by molar-refractivity contribution is -0.116. The Balaban J connectivity index is 1.75. The van der Waals surface area contributed by atoms with Gasteiger partial charge in [0.25, 0.3) is 0 Å². The highest BCUT2D eigenvalue weighted by atomic mass is 16.3. The quantitative estimate of drug-likeness (QED) is 0.593. The molecule has 4 heterocycles. The summed E-state index contributed by atoms with van der Waals surface area (Å²) in [7, 11) is 0. The zero-order chi connectivity index (χ0) is 17.7. The van der Waals surface area contributed by atoms with Crippen molar-refractivity contribution in [1.29, 1.82) is 0 Å². The first-order valence-electron chi connectivity index (χ1n) is 8.63. The van der Waals surface area contributed by atoms with Crippen molar-refractivity contribution in [1.82, 2.24) is 19.7 Å². The number of anilines is 1. The van der Waals surface area contributed by atoms with Gasteiger partial charge in [-0.2, -0.15) is 5.10 Å². The van der Waals surface area contributed by atoms with Crippen LogP contribution in [0.1, 0.15) is 30.7 Å². The van der Waals surface area contributed by atoms with E-state index < -0.39 is 0 Å². The van der Waals surface area contributed by atoms with Gasteiger partial charge in [-0.1, -0.05) is 12.1 Å². The van der Waals surface area contributed by atoms with Gasteiger partial charge in [-0.15, -0.1) is 0 Å². The van der Waals surface area contributed by atoms with Gasteiger partial charge in [-0.25, -0.2) is 4.98 Å². The first-order valence-corrected chi connectivity index (χ1v) is 8.63. The Hall–Kier alpha value is -3.35. The standard InChI is InChI=1S/C19H17N5O2/c1-2-24-13-7-4-3-6-12(13)20-19(24)11-10-15(25)21-18-16(11)17(22-23-18)14-8-5-9-26-14/h3-9,11H,2,10H2,1H3,(H2,21,22,23,25)/t11-/m0/s1. The molecule has 0 unspecified atom stereocenters. The summed E-state index contributed by atoms with van der Waals surface area (Å²) in [6.07, 6.45) is 1.95. The molecule has 1 amide bonds. The Morgan fingerprint density at radius 2 is 2.15 bits per heavy atom. The van der Waals surface area contributed by atoms with E-state index in [9.17, 15) is 4.79 Å². The van der Waals surface area contributed by atoms with Crippen LogP contribution in [0.4, 0.5) is 5.82 Å². The van der Waals surface area contributed by atoms with E-state index in [0.29, 0.717) is 18.0 Å². The zero-order valence-electron chi connectivity index (χ0n) is 14.2. The third kappa shape index (κ3) is 2.10. The molecular formula is C19H17N5O2. The summed E-state index contributed by atoms with van der Waals surface area (Å²) in [5.41, 5.74) is 3.70. The van der Waals surface area contributed by atoms with Crippen LogP contribution in [-0.4, -0.2) is 25.7 Å². The van der Waals surface area contributed by atoms with Gasteiger partial charge in [0.2, 0.25) is 5.91 Å². The lowest BCUT2D eigenvalue weighted by Crippen LogP contribution is -2.25. The lowest BCUT2D eigenvalue weighted by Gasteiger charge is -2.23. The monoisotopic (exact) mass is 347 g/mol. The smallest absolute Gasteiger partial charge is 0.226 e. The minimum atomic E-state index is -0.190. The zero-order valence-corrected chi connectivity index (χ0v) is 14.2. The summed E-state index contributed by atoms with van der Waals surface area (Å²) < 4.78 is 7.73. The van der Waals surface area contributed by atoms with Crippen LogP contribution < -0.4 is 5.32 Å². The normalized spacial score (nSPS) is 16.7. The predicted octanol–water partition coefficient (Wildman–Crippen LogP) is 3.51. The Labute approximate surface area is 149 Å². The average Bonchev–Trinajstić information content (AvgIpc) is 3.37. The van der Waals surface area contributed by atoms with Crippen LogP contribution >= 0.6 is 0 Å². The number of hydrogen-bond acceptors (Lipinski definition) is 4. The van der Waals surface area contributed by atoms with Crippen LogP contribution in [0.2, 0.25) is 0 Å². The maximum absolute atomic E-state index is 12.3. The number of amides is 1. The predicted molar refractivity (Wildman–Crippen MR) is 96.8 cm³/mol. The number of aromatic amines is 1. The molecule has 7 heteroatoms. The Kier molecular flexibility index (Phi) is 3.21. The van der Waals surface area contributed by atoms with Gasteiger partial charge >= 0.3 is 0 Å². The Bertz CT molecular complexity index is 1110. The molecular weight excluding hydrogens is 330 g/mol. The summed E-state index contributed by atoms with van der Waals surface area (Å²) in [4.78, 5) is 17.1. The molecule has 1 aliphatic heterocycles. The minimum absolute atomic E-state index is 0.0605. The first-order chi connectivity index (χ1) is 12.8. The van der Waals surface area contributed by atoms with Crippen LogP contribution in [0.5, 0.6) is 0 Å². The number of aromatic nitrogens is 4. The van der Waals surface area contributed by atoms with E-state index in [1.54, 1.807) is 6.26 Å². The molecule has 0 fully saturated rings. The largest absolute Gasteiger partial charge is 0.463 e. The molecule has 0 saturated heterocycles. The molecule has 5 rings (SSSR count). The number of carbonyl (C=O) groups excluding carboxylic acids is 1. The summed E-state index contributed by atoms with van der Waals surface area (Å²) in [6, 6.07) is 11.7. The van der Waals surface area contributed by atoms with Crippen molar-refractivity contribution in [3.8, 4) is 11.5 Å². The molecule has 1 aliphatic rings. The number of fused-ring (bicyclic) bond motifs is 2. The van der Waals surface area contributed by atoms with Gasteiger partial charge in [0.05, 0.1) is 23.2 Å². The number of furan rings is 1. The van der Waals surface area contributed by atoms with Crippen molar-refractivity contribution in [2.75, 3.05) is 5.32 Å². The van der Waals surface area contributed by atoms with Crippen LogP contribution in [0.15, 0.2) is 47.1 Å². The number of benzene rings is 1. The number of rotatable bonds is 3. The number of nitrogens with one attached hydrogen (secondary N) is 2. The first kappa shape index (κ1) is 14.9. The fourth-order valence-corrected chi connectivity index (χ4v) is 3.78. The van der Waals surface area contributed by atoms with Crippen molar-refractivity contribution in [2.45, 2.75) is 25.8 Å². The Morgan fingerprint density at radius 3 is 2.96 bits per heavy atom. The highest BCUT2D eigenvalue weighted by Crippen LogP contribution is 2.42. The number of H-pyrrole nitrogens is 1. The van der Waals surface area contributed by atoms with E-state index in [-0.39, 0.29) is 11.8 Å². The van der Waals surface area contributed by atoms with E-state index in [1.807, 2.05) is 30.3 Å². The molecule has 7 nitrogen and oxygen atoms in total. The summed E-state index contributed by atoms with van der Waals surface area (Å²) in [5, 5.41) is 10.2. The summed E-state index contributed by atoms with van der Waals surface area (Å²) in [6.45, 7) is 2.86. The van der Waals surface area contributed by atoms with E-state index in [4.69, 9.17) is 9.40 Å². The number of nitrogens with zero attached hydrogens (tertiary/aromatic N) is 3. The second-order valence-corrected chi connectivity index (χ2v) is 6.35. The third-order valence-electron chi connectivity index (χ3n) is 4.88. The van der Waals surface area contributed by atoms with Crippen molar-refractivity contribution < 1.29 is 9.21 Å². The van der Waals surface area contributed by atoms with Crippen LogP contribution in [0.25, 0.3) is 22.5 Å². The van der Waals surface area contributed by atoms with Crippen LogP contribution in [-0.2, 0) is 11.3 Å². The van der Waals surface area contributed by atoms with Gasteiger partial charge in [0, 0.05) is 18.5 Å². The molecule has 2 N–H and O–H groups in total. The molecule has 26 heavy (non-hydrogen) atoms. The van der Waals surface area contributed by atoms with Gasteiger partial charge in [0.15, 0.2) is 11.6 Å². The SMILES string of the molecule is CCn1c([C@H]2CC(=O)Nc3n[nH]c(-c4ccco4)c32)nc2ccccc21. The van der Waals surface area contributed by atoms with E-state index >= 15 is 0 Å². The van der Waals surface area contributed by atoms with E-state index in [1.165, 1.54) is 0 Å². The molecule has 0 radical (unpaired) electrons. The van der Waals surface area contributed by atoms with Gasteiger partial charge in [-0.3, -0.25) is 9.89 Å². The second kappa shape index (κ2) is 5.59. The molecule has 0 spiro atoms. The van der Waals surface area contributed by atoms with Crippen LogP contribution in [0.3, 0.4) is 0 Å². The average molecular weight is 347 g/mol. The number of hydrogen-bond donors (Lipinski definition) is 2. The molecule has 4 aromatic rings. The molecule has 0 bridgehead atoms. The maximum atomic E-state index is 12.3. The van der Waals surface area contributed by atoms with Gasteiger partial charge in [0.1, 0.15) is 11.5 Å². The molecule has 130 valence electrons. The Morgan fingerprint density at radius 1 is 1.27 bits per heavy atom. The summed E-state index contributed by atoms with van der Waals surface area (Å²) >= 11 is 0. The third-order valence-corrected chi connectivity index (χ3v) is 4.88.